The van der Waals surface area contributed by atoms with Crippen LogP contribution in [0.5, 0.6) is 0 Å². The summed E-state index contributed by atoms with van der Waals surface area (Å²) in [6.07, 6.45) is 7.49. The molecule has 0 atom stereocenters. The van der Waals surface area contributed by atoms with Crippen molar-refractivity contribution in [3.05, 3.63) is 0 Å². The van der Waals surface area contributed by atoms with E-state index in [9.17, 15) is 0 Å². The highest BCUT2D eigenvalue weighted by atomic mass is 28.3. The van der Waals surface area contributed by atoms with E-state index in [-0.39, 0.29) is 9.68 Å². The van der Waals surface area contributed by atoms with Gasteiger partial charge in [-0.1, -0.05) is 24.9 Å². The first-order chi connectivity index (χ1) is 5.43. The van der Waals surface area contributed by atoms with Crippen molar-refractivity contribution < 1.29 is 0 Å². The molecule has 0 unspecified atom stereocenters. The van der Waals surface area contributed by atoms with Crippen molar-refractivity contribution in [2.24, 2.45) is 5.92 Å². The highest BCUT2D eigenvalue weighted by molar-refractivity contribution is 6.44. The monoisotopic (exact) mass is 187 g/mol. The molecule has 0 aromatic carbocycles. The molecule has 0 amide bonds. The van der Waals surface area contributed by atoms with Crippen LogP contribution in [0.3, 0.4) is 0 Å². The SMILES string of the molecule is [SiH3]C[SiH2]NCC1CCCCC1. The lowest BCUT2D eigenvalue weighted by molar-refractivity contribution is 0.358. The van der Waals surface area contributed by atoms with Gasteiger partial charge in [0, 0.05) is 10.2 Å². The van der Waals surface area contributed by atoms with E-state index in [0.29, 0.717) is 0 Å². The third-order valence-electron chi connectivity index (χ3n) is 2.58. The van der Waals surface area contributed by atoms with Crippen LogP contribution < -0.4 is 4.98 Å². The van der Waals surface area contributed by atoms with Gasteiger partial charge in [0.05, 0.1) is 9.68 Å². The highest BCUT2D eigenvalue weighted by Crippen LogP contribution is 2.22. The second-order valence-electron chi connectivity index (χ2n) is 3.71. The van der Waals surface area contributed by atoms with E-state index in [1.165, 1.54) is 48.9 Å². The molecule has 0 bridgehead atoms. The predicted molar refractivity (Wildman–Crippen MR) is 57.9 cm³/mol. The number of rotatable bonds is 4. The minimum Gasteiger partial charge on any atom is -0.342 e. The smallest absolute Gasteiger partial charge is 0.0882 e. The molecule has 0 heterocycles. The van der Waals surface area contributed by atoms with Crippen LogP contribution in [-0.2, 0) is 0 Å². The Morgan fingerprint density at radius 2 is 2.00 bits per heavy atom. The molecule has 0 aromatic heterocycles. The van der Waals surface area contributed by atoms with Crippen LogP contribution in [-0.4, -0.2) is 26.5 Å². The average Bonchev–Trinajstić information content (AvgIpc) is 2.07. The zero-order valence-electron chi connectivity index (χ0n) is 7.73. The van der Waals surface area contributed by atoms with Gasteiger partial charge < -0.3 is 4.98 Å². The second kappa shape index (κ2) is 5.97. The average molecular weight is 187 g/mol. The van der Waals surface area contributed by atoms with E-state index < -0.39 is 0 Å². The number of hydrogen-bond donors (Lipinski definition) is 1. The normalized spacial score (nSPS) is 21.8. The van der Waals surface area contributed by atoms with Gasteiger partial charge in [-0.25, -0.2) is 0 Å². The predicted octanol–water partition coefficient (Wildman–Crippen LogP) is -0.0187. The van der Waals surface area contributed by atoms with E-state index in [1.54, 1.807) is 5.67 Å². The molecular formula is C8H21NSi2. The van der Waals surface area contributed by atoms with Crippen molar-refractivity contribution in [1.29, 1.82) is 0 Å². The van der Waals surface area contributed by atoms with Crippen molar-refractivity contribution in [2.45, 2.75) is 37.8 Å². The largest absolute Gasteiger partial charge is 0.342 e. The lowest BCUT2D eigenvalue weighted by Gasteiger charge is -2.21. The summed E-state index contributed by atoms with van der Waals surface area (Å²) in [4.78, 5) is 3.68. The Hall–Kier alpha value is 0.394. The molecule has 0 aliphatic heterocycles. The van der Waals surface area contributed by atoms with Crippen molar-refractivity contribution in [2.75, 3.05) is 6.54 Å². The summed E-state index contributed by atoms with van der Waals surface area (Å²) in [5.41, 5.74) is 1.55. The third kappa shape index (κ3) is 4.08. The zero-order chi connectivity index (χ0) is 7.94. The number of hydrogen-bond acceptors (Lipinski definition) is 1. The van der Waals surface area contributed by atoms with Gasteiger partial charge in [0.1, 0.15) is 0 Å². The van der Waals surface area contributed by atoms with Gasteiger partial charge in [-0.2, -0.15) is 0 Å². The zero-order valence-corrected chi connectivity index (χ0v) is 11.1. The molecule has 0 saturated heterocycles. The molecule has 0 aromatic rings. The molecule has 1 aliphatic rings. The molecule has 3 heteroatoms. The van der Waals surface area contributed by atoms with Crippen LogP contribution in [0.15, 0.2) is 0 Å². The minimum atomic E-state index is 0.188. The molecule has 0 radical (unpaired) electrons. The molecule has 66 valence electrons. The second-order valence-corrected chi connectivity index (χ2v) is 8.71. The van der Waals surface area contributed by atoms with Gasteiger partial charge in [0.25, 0.3) is 0 Å². The summed E-state index contributed by atoms with van der Waals surface area (Å²) in [7, 11) is 1.60. The molecule has 1 saturated carbocycles. The van der Waals surface area contributed by atoms with Crippen molar-refractivity contribution in [3.63, 3.8) is 0 Å². The Morgan fingerprint density at radius 1 is 1.27 bits per heavy atom. The summed E-state index contributed by atoms with van der Waals surface area (Å²) < 4.78 is 0. The van der Waals surface area contributed by atoms with Crippen molar-refractivity contribution in [1.82, 2.24) is 4.98 Å². The van der Waals surface area contributed by atoms with Crippen LogP contribution in [0, 0.1) is 5.92 Å². The van der Waals surface area contributed by atoms with Crippen LogP contribution in [0.2, 0.25) is 5.67 Å². The first kappa shape index (κ1) is 9.48. The maximum atomic E-state index is 3.68. The maximum absolute atomic E-state index is 3.68. The summed E-state index contributed by atoms with van der Waals surface area (Å²) >= 11 is 0. The minimum absolute atomic E-state index is 0.188. The summed E-state index contributed by atoms with van der Waals surface area (Å²) in [6, 6.07) is 0. The fraction of sp³-hybridized carbons (Fsp3) is 1.00. The fourth-order valence-corrected chi connectivity index (χ4v) is 3.90. The quantitative estimate of drug-likeness (QED) is 0.482. The Balaban J connectivity index is 1.96. The summed E-state index contributed by atoms with van der Waals surface area (Å²) in [6.45, 7) is 1.36. The van der Waals surface area contributed by atoms with Gasteiger partial charge in [0.2, 0.25) is 0 Å². The molecule has 1 fully saturated rings. The van der Waals surface area contributed by atoms with Crippen molar-refractivity contribution >= 4 is 19.9 Å². The first-order valence-electron chi connectivity index (χ1n) is 5.14. The van der Waals surface area contributed by atoms with Crippen LogP contribution >= 0.6 is 0 Å². The molecule has 0 spiro atoms. The topological polar surface area (TPSA) is 12.0 Å². The van der Waals surface area contributed by atoms with Gasteiger partial charge in [-0.3, -0.25) is 0 Å². The van der Waals surface area contributed by atoms with Gasteiger partial charge in [-0.15, -0.1) is 0 Å². The standard InChI is InChI=1S/C8H21NSi2/c10-7-11-9-6-8-4-2-1-3-5-8/h8-9H,1-7,11H2,10H3. The van der Waals surface area contributed by atoms with Gasteiger partial charge in [0.15, 0.2) is 0 Å². The molecule has 1 nitrogen and oxygen atoms in total. The third-order valence-corrected chi connectivity index (χ3v) is 5.23. The molecule has 1 rings (SSSR count). The van der Waals surface area contributed by atoms with Crippen LogP contribution in [0.4, 0.5) is 0 Å². The fourth-order valence-electron chi connectivity index (χ4n) is 1.87. The molecule has 1 N–H and O–H groups in total. The van der Waals surface area contributed by atoms with Gasteiger partial charge >= 0.3 is 0 Å². The summed E-state index contributed by atoms with van der Waals surface area (Å²) in [5, 5.41) is 0. The molecular weight excluding hydrogens is 166 g/mol. The van der Waals surface area contributed by atoms with Gasteiger partial charge in [-0.05, 0) is 25.3 Å². The van der Waals surface area contributed by atoms with Crippen LogP contribution in [0.25, 0.3) is 0 Å². The van der Waals surface area contributed by atoms with E-state index >= 15 is 0 Å². The first-order valence-corrected chi connectivity index (χ1v) is 8.26. The lowest BCUT2D eigenvalue weighted by Crippen LogP contribution is -2.27. The van der Waals surface area contributed by atoms with E-state index in [4.69, 9.17) is 0 Å². The van der Waals surface area contributed by atoms with Crippen molar-refractivity contribution in [3.8, 4) is 0 Å². The molecule has 11 heavy (non-hydrogen) atoms. The highest BCUT2D eigenvalue weighted by Gasteiger charge is 2.11. The number of nitrogens with one attached hydrogen (secondary N) is 1. The lowest BCUT2D eigenvalue weighted by atomic mass is 9.90. The van der Waals surface area contributed by atoms with E-state index in [2.05, 4.69) is 4.98 Å². The Kier molecular flexibility index (Phi) is 5.15. The maximum Gasteiger partial charge on any atom is 0.0882 e. The molecule has 1 aliphatic carbocycles. The van der Waals surface area contributed by atoms with E-state index in [1.807, 2.05) is 0 Å². The van der Waals surface area contributed by atoms with Crippen LogP contribution in [0.1, 0.15) is 32.1 Å². The summed E-state index contributed by atoms with van der Waals surface area (Å²) in [5.74, 6) is 1.05. The Bertz CT molecular complexity index is 92.1. The Morgan fingerprint density at radius 3 is 2.64 bits per heavy atom. The van der Waals surface area contributed by atoms with E-state index in [0.717, 1.165) is 5.92 Å². The Labute approximate surface area is 75.7 Å².